The molecule has 102 valence electrons. The maximum atomic E-state index is 6.13. The summed E-state index contributed by atoms with van der Waals surface area (Å²) in [5, 5.41) is 0.961. The van der Waals surface area contributed by atoms with Crippen molar-refractivity contribution in [2.24, 2.45) is 5.92 Å². The highest BCUT2D eigenvalue weighted by molar-refractivity contribution is 8.03. The first-order valence-electron chi connectivity index (χ1n) is 7.00. The zero-order valence-corrected chi connectivity index (χ0v) is 12.7. The van der Waals surface area contributed by atoms with Gasteiger partial charge in [0.15, 0.2) is 0 Å². The minimum Gasteiger partial charge on any atom is -0.321 e. The Hall–Kier alpha value is -0.120. The molecule has 0 saturated heterocycles. The molecule has 0 heterocycles. The molecule has 0 amide bonds. The van der Waals surface area contributed by atoms with Crippen molar-refractivity contribution >= 4 is 23.4 Å². The number of hydrogen-bond donors (Lipinski definition) is 2. The van der Waals surface area contributed by atoms with E-state index < -0.39 is 0 Å². The van der Waals surface area contributed by atoms with Gasteiger partial charge in [0, 0.05) is 16.5 Å². The Labute approximate surface area is 120 Å². The number of hydrazine groups is 1. The summed E-state index contributed by atoms with van der Waals surface area (Å²) < 4.78 is 0. The molecule has 2 rings (SSSR count). The van der Waals surface area contributed by atoms with Gasteiger partial charge in [0.05, 0.1) is 5.70 Å². The summed E-state index contributed by atoms with van der Waals surface area (Å²) in [5.41, 5.74) is 7.85. The highest BCUT2D eigenvalue weighted by Gasteiger charge is 2.20. The highest BCUT2D eigenvalue weighted by Crippen LogP contribution is 2.33. The number of halogens is 1. The van der Waals surface area contributed by atoms with Gasteiger partial charge in [-0.25, -0.2) is 5.43 Å². The van der Waals surface area contributed by atoms with E-state index in [-0.39, 0.29) is 0 Å². The Balaban J connectivity index is 1.80. The van der Waals surface area contributed by atoms with Crippen LogP contribution >= 0.6 is 23.4 Å². The lowest BCUT2D eigenvalue weighted by molar-refractivity contribution is 0.558. The van der Waals surface area contributed by atoms with Crippen LogP contribution in [0.2, 0.25) is 0 Å². The Kier molecular flexibility index (Phi) is 5.93. The molecule has 0 unspecified atom stereocenters. The SMILES string of the molecule is CCCSC1=C(NNCCC2CC2)C=C(Cl)CC1. The molecule has 0 atom stereocenters. The maximum absolute atomic E-state index is 6.13. The number of thioether (sulfide) groups is 1. The Morgan fingerprint density at radius 3 is 2.94 bits per heavy atom. The quantitative estimate of drug-likeness (QED) is 0.518. The summed E-state index contributed by atoms with van der Waals surface area (Å²) in [6, 6.07) is 0. The van der Waals surface area contributed by atoms with E-state index in [2.05, 4.69) is 23.9 Å². The minimum atomic E-state index is 0.961. The van der Waals surface area contributed by atoms with Crippen LogP contribution in [-0.4, -0.2) is 12.3 Å². The summed E-state index contributed by atoms with van der Waals surface area (Å²) in [6.07, 6.45) is 9.49. The molecule has 1 saturated carbocycles. The van der Waals surface area contributed by atoms with E-state index in [0.29, 0.717) is 0 Å². The average Bonchev–Trinajstić information content (AvgIpc) is 3.17. The fourth-order valence-corrected chi connectivity index (χ4v) is 3.16. The van der Waals surface area contributed by atoms with E-state index in [9.17, 15) is 0 Å². The van der Waals surface area contributed by atoms with Gasteiger partial charge in [-0.2, -0.15) is 0 Å². The van der Waals surface area contributed by atoms with Crippen molar-refractivity contribution in [2.75, 3.05) is 12.3 Å². The lowest BCUT2D eigenvalue weighted by Gasteiger charge is -2.19. The van der Waals surface area contributed by atoms with E-state index in [1.54, 1.807) is 0 Å². The highest BCUT2D eigenvalue weighted by atomic mass is 35.5. The molecule has 0 aromatic carbocycles. The Bertz CT molecular complexity index is 335. The predicted molar refractivity (Wildman–Crippen MR) is 81.4 cm³/mol. The van der Waals surface area contributed by atoms with E-state index in [1.807, 2.05) is 11.8 Å². The molecule has 0 spiro atoms. The molecule has 2 nitrogen and oxygen atoms in total. The van der Waals surface area contributed by atoms with Crippen molar-refractivity contribution < 1.29 is 0 Å². The standard InChI is InChI=1S/C14H23ClN2S/c1-2-9-18-14-6-5-12(15)10-13(14)17-16-8-7-11-3-4-11/h10-11,16-17H,2-9H2,1H3. The molecule has 0 radical (unpaired) electrons. The fraction of sp³-hybridized carbons (Fsp3) is 0.714. The third kappa shape index (κ3) is 4.87. The van der Waals surface area contributed by atoms with Gasteiger partial charge in [0.2, 0.25) is 0 Å². The molecule has 0 bridgehead atoms. The lowest BCUT2D eigenvalue weighted by Crippen LogP contribution is -2.32. The molecule has 4 heteroatoms. The second-order valence-corrected chi connectivity index (χ2v) is 6.74. The van der Waals surface area contributed by atoms with Crippen LogP contribution in [0.15, 0.2) is 21.7 Å². The third-order valence-corrected chi connectivity index (χ3v) is 4.95. The van der Waals surface area contributed by atoms with Crippen molar-refractivity contribution in [1.29, 1.82) is 0 Å². The first kappa shape index (κ1) is 14.3. The van der Waals surface area contributed by atoms with Crippen molar-refractivity contribution in [3.63, 3.8) is 0 Å². The Morgan fingerprint density at radius 1 is 1.39 bits per heavy atom. The first-order valence-corrected chi connectivity index (χ1v) is 8.37. The molecule has 18 heavy (non-hydrogen) atoms. The molecule has 2 aliphatic carbocycles. The summed E-state index contributed by atoms with van der Waals surface area (Å²) in [5.74, 6) is 2.17. The first-order chi connectivity index (χ1) is 8.79. The molecule has 2 N–H and O–H groups in total. The monoisotopic (exact) mass is 286 g/mol. The smallest absolute Gasteiger partial charge is 0.0594 e. The molecule has 0 aliphatic heterocycles. The van der Waals surface area contributed by atoms with E-state index in [1.165, 1.54) is 42.0 Å². The van der Waals surface area contributed by atoms with Gasteiger partial charge in [-0.3, -0.25) is 0 Å². The van der Waals surface area contributed by atoms with Crippen LogP contribution in [0.1, 0.15) is 45.4 Å². The number of nitrogens with one attached hydrogen (secondary N) is 2. The molecule has 0 aromatic rings. The maximum Gasteiger partial charge on any atom is 0.0594 e. The van der Waals surface area contributed by atoms with E-state index in [4.69, 9.17) is 11.6 Å². The summed E-state index contributed by atoms with van der Waals surface area (Å²) >= 11 is 8.09. The van der Waals surface area contributed by atoms with Gasteiger partial charge in [-0.05, 0) is 43.4 Å². The van der Waals surface area contributed by atoms with Gasteiger partial charge in [0.25, 0.3) is 0 Å². The second-order valence-electron chi connectivity index (χ2n) is 5.06. The fourth-order valence-electron chi connectivity index (χ4n) is 2.00. The van der Waals surface area contributed by atoms with Gasteiger partial charge >= 0.3 is 0 Å². The van der Waals surface area contributed by atoms with Crippen LogP contribution in [0.4, 0.5) is 0 Å². The van der Waals surface area contributed by atoms with E-state index in [0.717, 1.165) is 30.3 Å². The largest absolute Gasteiger partial charge is 0.321 e. The van der Waals surface area contributed by atoms with Crippen LogP contribution in [0, 0.1) is 5.92 Å². The average molecular weight is 287 g/mol. The van der Waals surface area contributed by atoms with Gasteiger partial charge in [0.1, 0.15) is 0 Å². The van der Waals surface area contributed by atoms with Crippen molar-refractivity contribution in [3.8, 4) is 0 Å². The van der Waals surface area contributed by atoms with Gasteiger partial charge in [-0.1, -0.05) is 31.4 Å². The normalized spacial score (nSPS) is 20.0. The molecular formula is C14H23ClN2S. The number of allylic oxidation sites excluding steroid dienone is 3. The van der Waals surface area contributed by atoms with Gasteiger partial charge in [-0.15, -0.1) is 11.8 Å². The van der Waals surface area contributed by atoms with Crippen LogP contribution in [0.25, 0.3) is 0 Å². The van der Waals surface area contributed by atoms with E-state index >= 15 is 0 Å². The van der Waals surface area contributed by atoms with Crippen LogP contribution in [0.3, 0.4) is 0 Å². The zero-order valence-electron chi connectivity index (χ0n) is 11.1. The lowest BCUT2D eigenvalue weighted by atomic mass is 10.1. The Morgan fingerprint density at radius 2 is 2.22 bits per heavy atom. The number of hydrogen-bond acceptors (Lipinski definition) is 3. The second kappa shape index (κ2) is 7.46. The molecular weight excluding hydrogens is 264 g/mol. The molecule has 1 fully saturated rings. The topological polar surface area (TPSA) is 24.1 Å². The summed E-state index contributed by atoms with van der Waals surface area (Å²) in [7, 11) is 0. The van der Waals surface area contributed by atoms with Crippen molar-refractivity contribution in [2.45, 2.75) is 45.4 Å². The van der Waals surface area contributed by atoms with Crippen LogP contribution in [-0.2, 0) is 0 Å². The van der Waals surface area contributed by atoms with Crippen LogP contribution in [0.5, 0.6) is 0 Å². The third-order valence-electron chi connectivity index (χ3n) is 3.27. The van der Waals surface area contributed by atoms with Crippen molar-refractivity contribution in [1.82, 2.24) is 10.9 Å². The molecule has 2 aliphatic rings. The molecule has 0 aromatic heterocycles. The summed E-state index contributed by atoms with van der Waals surface area (Å²) in [6.45, 7) is 3.27. The van der Waals surface area contributed by atoms with Crippen molar-refractivity contribution in [3.05, 3.63) is 21.7 Å². The predicted octanol–water partition coefficient (Wildman–Crippen LogP) is 4.15. The zero-order chi connectivity index (χ0) is 12.8. The summed E-state index contributed by atoms with van der Waals surface area (Å²) in [4.78, 5) is 1.44. The minimum absolute atomic E-state index is 0.961. The van der Waals surface area contributed by atoms with Crippen LogP contribution < -0.4 is 10.9 Å². The van der Waals surface area contributed by atoms with Gasteiger partial charge < -0.3 is 5.43 Å². The number of rotatable bonds is 8.